The van der Waals surface area contributed by atoms with Crippen LogP contribution in [0.5, 0.6) is 0 Å². The third-order valence-electron chi connectivity index (χ3n) is 29.3. The molecule has 0 saturated carbocycles. The van der Waals surface area contributed by atoms with Crippen LogP contribution in [0, 0.1) is 0 Å². The van der Waals surface area contributed by atoms with E-state index in [2.05, 4.69) is 72.1 Å². The number of hydrogen-bond acceptors (Lipinski definition) is 18. The summed E-state index contributed by atoms with van der Waals surface area (Å²) in [7, 11) is -19.0. The molecule has 0 atom stereocenters. The molecular weight excluding hydrogens is 1820 g/mol. The molecule has 0 unspecified atom stereocenters. The summed E-state index contributed by atoms with van der Waals surface area (Å²) in [6.45, 7) is 22.0. The lowest BCUT2D eigenvalue weighted by atomic mass is 10.0. The van der Waals surface area contributed by atoms with E-state index in [4.69, 9.17) is 54.2 Å². The van der Waals surface area contributed by atoms with Crippen LogP contribution in [0.1, 0.15) is 658 Å². The Morgan fingerprint density at radius 2 is 0.210 bits per heavy atom. The number of unbranched alkanes of at least 4 members (excludes halogenated alkanes) is 78. The van der Waals surface area contributed by atoms with E-state index >= 15 is 0 Å². The smallest absolute Gasteiger partial charge is 0.281 e. The van der Waals surface area contributed by atoms with E-state index in [0.29, 0.717) is 39.6 Å². The van der Waals surface area contributed by atoms with Crippen LogP contribution in [-0.2, 0) is 27.1 Å². The van der Waals surface area contributed by atoms with Crippen molar-refractivity contribution in [1.82, 2.24) is 30.5 Å². The lowest BCUT2D eigenvalue weighted by molar-refractivity contribution is 0.307. The van der Waals surface area contributed by atoms with Crippen LogP contribution in [0.15, 0.2) is 27.1 Å². The van der Waals surface area contributed by atoms with Crippen molar-refractivity contribution >= 4 is 45.5 Å². The minimum Gasteiger partial charge on any atom is -0.316 e. The fraction of sp³-hybridized carbons (Fsp3) is 1.00. The van der Waals surface area contributed by atoms with Crippen molar-refractivity contribution in [1.29, 1.82) is 0 Å². The third-order valence-corrected chi connectivity index (χ3v) is 48.0. The molecule has 822 valence electrons. The van der Waals surface area contributed by atoms with Crippen LogP contribution in [-0.4, -0.2) is 78.9 Å². The molecule has 5 heterocycles. The number of fused-ring (bicyclic) bond motifs is 21. The van der Waals surface area contributed by atoms with Gasteiger partial charge in [-0.1, -0.05) is 581 Å². The lowest BCUT2D eigenvalue weighted by Gasteiger charge is -2.36. The van der Waals surface area contributed by atoms with E-state index in [-0.39, 0.29) is 0 Å². The highest BCUT2D eigenvalue weighted by Gasteiger charge is 2.42. The van der Waals surface area contributed by atoms with Gasteiger partial charge in [-0.25, -0.2) is 30.5 Å². The topological polar surface area (TPSA) is 202 Å². The molecule has 0 aromatic carbocycles. The van der Waals surface area contributed by atoms with Gasteiger partial charge in [0.2, 0.25) is 0 Å². The normalized spacial score (nSPS) is 21.7. The van der Waals surface area contributed by atoms with Crippen molar-refractivity contribution < 1.29 is 27.1 Å². The fourth-order valence-corrected chi connectivity index (χ4v) is 41.9. The van der Waals surface area contributed by atoms with Crippen LogP contribution >= 0.6 is 45.5 Å². The lowest BCUT2D eigenvalue weighted by Crippen LogP contribution is -2.23. The van der Waals surface area contributed by atoms with Gasteiger partial charge in [-0.3, -0.25) is 0 Å². The summed E-state index contributed by atoms with van der Waals surface area (Å²) in [5, 5.41) is 25.0. The highest BCUT2D eigenvalue weighted by atomic mass is 31.3. The molecule has 0 saturated heterocycles. The number of rotatable bonds is 96. The van der Waals surface area contributed by atoms with Gasteiger partial charge >= 0.3 is 0 Å². The molecule has 6 N–H and O–H groups in total. The molecule has 138 heavy (non-hydrogen) atoms. The second-order valence-electron chi connectivity index (χ2n) is 43.1. The summed E-state index contributed by atoms with van der Waals surface area (Å²) in [6, 6.07) is 0. The molecule has 6 bridgehead atoms. The summed E-state index contributed by atoms with van der Waals surface area (Å²) in [5.74, 6) is 0. The molecule has 0 aromatic heterocycles. The van der Waals surface area contributed by atoms with Gasteiger partial charge in [0.25, 0.3) is 45.5 Å². The maximum Gasteiger partial charge on any atom is 0.281 e. The molecule has 5 aliphatic rings. The van der Waals surface area contributed by atoms with Crippen LogP contribution in [0.3, 0.4) is 0 Å². The van der Waals surface area contributed by atoms with Gasteiger partial charge in [-0.15, -0.1) is 0 Å². The molecule has 5 rings (SSSR count). The van der Waals surface area contributed by atoms with Crippen molar-refractivity contribution in [3.8, 4) is 0 Å². The molecule has 0 spiro atoms. The Bertz CT molecular complexity index is 2460. The second kappa shape index (κ2) is 97.4. The minimum atomic E-state index is -3.17. The summed E-state index contributed by atoms with van der Waals surface area (Å²) in [4.78, 5) is 0. The van der Waals surface area contributed by atoms with Crippen molar-refractivity contribution in [3.63, 3.8) is 0 Å². The average molecular weight is 2060 g/mol. The highest BCUT2D eigenvalue weighted by Crippen LogP contribution is 2.77. The Hall–Kier alpha value is 0.900. The first kappa shape index (κ1) is 131. The van der Waals surface area contributed by atoms with E-state index in [1.54, 1.807) is 0 Å². The fourth-order valence-electron chi connectivity index (χ4n) is 20.1. The molecule has 0 amide bonds. The molecule has 5 aliphatic heterocycles. The average Bonchev–Trinajstić information content (AvgIpc) is 0.751. The SMILES string of the molecule is CCCCCCCCCCCCCCCCOP12=NP3(OCCCCCCCCCCCCCCCC)=NP(OCCCCCCCCCCCCCCCC)(=N1)NCCCCCCNP1(OCCCCCCCCCCCCCCCC)=NP(OCCCCCCCCCCCCCCCC)(=NP(OCCCCCCCCCCCCCCCC)(=N1)NCCCCCCN3)NCCCCCCN2. The van der Waals surface area contributed by atoms with Gasteiger partial charge in [0.15, 0.2) is 0 Å². The van der Waals surface area contributed by atoms with E-state index in [0.717, 1.165) is 193 Å². The predicted octanol–water partition coefficient (Wildman–Crippen LogP) is 43.9. The van der Waals surface area contributed by atoms with Crippen molar-refractivity contribution in [2.24, 2.45) is 27.1 Å². The highest BCUT2D eigenvalue weighted by molar-refractivity contribution is 7.81. The first-order chi connectivity index (χ1) is 68.2. The predicted molar refractivity (Wildman–Crippen MR) is 617 cm³/mol. The van der Waals surface area contributed by atoms with E-state index in [1.165, 1.54) is 462 Å². The Morgan fingerprint density at radius 3 is 0.304 bits per heavy atom. The van der Waals surface area contributed by atoms with Gasteiger partial charge in [-0.05, 0) is 77.0 Å². The molecule has 24 heteroatoms. The van der Waals surface area contributed by atoms with Gasteiger partial charge in [0, 0.05) is 39.3 Å². The van der Waals surface area contributed by atoms with Crippen LogP contribution in [0.4, 0.5) is 0 Å². The van der Waals surface area contributed by atoms with Crippen LogP contribution in [0.2, 0.25) is 0 Å². The van der Waals surface area contributed by atoms with Crippen LogP contribution < -0.4 is 30.5 Å². The zero-order chi connectivity index (χ0) is 98.1. The number of hydrogen-bond donors (Lipinski definition) is 6. The largest absolute Gasteiger partial charge is 0.316 e. The number of nitrogens with zero attached hydrogens (tertiary/aromatic N) is 6. The summed E-state index contributed by atoms with van der Waals surface area (Å²) in [6.07, 6.45) is 123. The van der Waals surface area contributed by atoms with Crippen LogP contribution in [0.25, 0.3) is 0 Å². The van der Waals surface area contributed by atoms with E-state index in [1.807, 2.05) is 0 Å². The van der Waals surface area contributed by atoms with Gasteiger partial charge in [-0.2, -0.15) is 27.1 Å². The quantitative estimate of drug-likeness (QED) is 0.0249. The summed E-state index contributed by atoms with van der Waals surface area (Å²) in [5.41, 5.74) is 0. The van der Waals surface area contributed by atoms with Gasteiger partial charge < -0.3 is 27.1 Å². The Balaban J connectivity index is 1.79. The zero-order valence-corrected chi connectivity index (χ0v) is 98.6. The first-order valence-electron chi connectivity index (χ1n) is 62.4. The second-order valence-corrected chi connectivity index (χ2v) is 57.3. The third kappa shape index (κ3) is 74.8. The summed E-state index contributed by atoms with van der Waals surface area (Å²) >= 11 is 0. The molecular formula is C114H240N12O6P6. The Morgan fingerprint density at radius 1 is 0.123 bits per heavy atom. The molecule has 0 radical (unpaired) electrons. The first-order valence-corrected chi connectivity index (χ1v) is 72.1. The molecule has 18 nitrogen and oxygen atoms in total. The monoisotopic (exact) mass is 2060 g/mol. The maximum absolute atomic E-state index is 7.60. The maximum atomic E-state index is 7.60. The molecule has 0 fully saturated rings. The Labute approximate surface area is 861 Å². The van der Waals surface area contributed by atoms with Gasteiger partial charge in [0.05, 0.1) is 39.6 Å². The molecule has 0 aromatic rings. The van der Waals surface area contributed by atoms with E-state index in [9.17, 15) is 0 Å². The van der Waals surface area contributed by atoms with E-state index < -0.39 is 45.5 Å². The number of nitrogens with one attached hydrogen (secondary N) is 6. The summed E-state index contributed by atoms with van der Waals surface area (Å²) < 4.78 is 81.9. The standard InChI is InChI=1S/C114H240N12O6P6/c1-7-13-19-25-31-37-43-49-55-61-67-73-85-97-109-127-133-115-103-91-79-80-94-106-118-136(130-112-100-88-76-70-64-58-52-46-40-34-28-22-16-10-4)124-137(131-113-101-89-77-71-65-59-53-47-41-35-29-23-17-11-5)119-107-95-83-81-92-104-116-134(121-133,128-110-98-86-74-68-62-56-50-44-38-32-26-20-14-8-2)123-135(122-133,129-111-99-87-75-69-63-57-51-45-39-33-27-21-15-9-3)117-105-93-82-84-96-108-120-138(125-136,126-137)132-114-102-90-78-72-66-60-54-48-42-36-30-24-18-12-6/h115-120H,7-114H2,1-6H3. The van der Waals surface area contributed by atoms with Crippen molar-refractivity contribution in [3.05, 3.63) is 0 Å². The van der Waals surface area contributed by atoms with Crippen molar-refractivity contribution in [2.75, 3.05) is 78.9 Å². The molecule has 0 aliphatic carbocycles. The van der Waals surface area contributed by atoms with Gasteiger partial charge in [0.1, 0.15) is 0 Å². The Kier molecular flexibility index (Phi) is 92.6. The minimum absolute atomic E-state index is 0.607. The van der Waals surface area contributed by atoms with Crippen molar-refractivity contribution in [2.45, 2.75) is 658 Å². The zero-order valence-electron chi connectivity index (χ0n) is 93.2.